The first-order valence-corrected chi connectivity index (χ1v) is 11.3. The maximum Gasteiger partial charge on any atom is 0.318 e. The molecule has 1 aliphatic heterocycles. The second kappa shape index (κ2) is 9.21. The highest BCUT2D eigenvalue weighted by Gasteiger charge is 2.26. The molecule has 1 atom stereocenters. The van der Waals surface area contributed by atoms with E-state index >= 15 is 0 Å². The van der Waals surface area contributed by atoms with E-state index in [1.807, 2.05) is 19.1 Å². The number of carbonyl (C=O) groups is 1. The molecule has 1 saturated carbocycles. The van der Waals surface area contributed by atoms with Crippen LogP contribution in [0.15, 0.2) is 23.0 Å². The lowest BCUT2D eigenvalue weighted by Gasteiger charge is -2.29. The number of fused-ring (bicyclic) bond motifs is 1. The minimum Gasteiger partial charge on any atom is -0.376 e. The van der Waals surface area contributed by atoms with E-state index in [0.29, 0.717) is 12.1 Å². The van der Waals surface area contributed by atoms with Crippen LogP contribution in [0, 0.1) is 13.8 Å². The molecule has 2 heterocycles. The van der Waals surface area contributed by atoms with Crippen molar-refractivity contribution in [3.05, 3.63) is 45.2 Å². The van der Waals surface area contributed by atoms with E-state index in [9.17, 15) is 9.59 Å². The van der Waals surface area contributed by atoms with Crippen LogP contribution in [0.25, 0.3) is 10.9 Å². The molecule has 30 heavy (non-hydrogen) atoms. The summed E-state index contributed by atoms with van der Waals surface area (Å²) < 4.78 is 5.79. The van der Waals surface area contributed by atoms with Crippen LogP contribution < -0.4 is 10.9 Å². The van der Waals surface area contributed by atoms with Crippen molar-refractivity contribution in [3.63, 3.8) is 0 Å². The molecule has 2 aromatic rings. The molecule has 1 aromatic carbocycles. The van der Waals surface area contributed by atoms with Gasteiger partial charge in [0.05, 0.1) is 12.6 Å². The van der Waals surface area contributed by atoms with Gasteiger partial charge in [-0.3, -0.25) is 4.79 Å². The number of aromatic nitrogens is 1. The predicted octanol–water partition coefficient (Wildman–Crippen LogP) is 4.17. The Morgan fingerprint density at radius 1 is 1.13 bits per heavy atom. The van der Waals surface area contributed by atoms with Crippen LogP contribution in [0.4, 0.5) is 4.79 Å². The Morgan fingerprint density at radius 2 is 1.93 bits per heavy atom. The van der Waals surface area contributed by atoms with Gasteiger partial charge in [0.1, 0.15) is 0 Å². The Kier molecular flexibility index (Phi) is 6.42. The Labute approximate surface area is 178 Å². The van der Waals surface area contributed by atoms with Crippen molar-refractivity contribution in [2.75, 3.05) is 13.2 Å². The molecule has 0 bridgehead atoms. The zero-order valence-corrected chi connectivity index (χ0v) is 18.1. The van der Waals surface area contributed by atoms with Gasteiger partial charge in [0.15, 0.2) is 0 Å². The second-order valence-corrected chi connectivity index (χ2v) is 8.97. The number of aromatic amines is 1. The Balaban J connectivity index is 1.57. The largest absolute Gasteiger partial charge is 0.376 e. The van der Waals surface area contributed by atoms with Crippen molar-refractivity contribution in [1.29, 1.82) is 0 Å². The lowest BCUT2D eigenvalue weighted by Crippen LogP contribution is -2.48. The highest BCUT2D eigenvalue weighted by molar-refractivity contribution is 5.83. The molecule has 6 heteroatoms. The van der Waals surface area contributed by atoms with Gasteiger partial charge in [-0.2, -0.15) is 0 Å². The summed E-state index contributed by atoms with van der Waals surface area (Å²) in [5.74, 6) is 0. The summed E-state index contributed by atoms with van der Waals surface area (Å²) in [5, 5.41) is 4.24. The molecule has 2 fully saturated rings. The van der Waals surface area contributed by atoms with Crippen molar-refractivity contribution in [1.82, 2.24) is 15.2 Å². The van der Waals surface area contributed by atoms with E-state index < -0.39 is 0 Å². The smallest absolute Gasteiger partial charge is 0.318 e. The fraction of sp³-hybridized carbons (Fsp3) is 0.583. The van der Waals surface area contributed by atoms with Gasteiger partial charge in [0.25, 0.3) is 5.56 Å². The first-order chi connectivity index (χ1) is 14.5. The number of ether oxygens (including phenoxy) is 1. The van der Waals surface area contributed by atoms with E-state index in [0.717, 1.165) is 54.3 Å². The molecule has 162 valence electrons. The Hall–Kier alpha value is -2.34. The van der Waals surface area contributed by atoms with E-state index in [2.05, 4.69) is 23.3 Å². The van der Waals surface area contributed by atoms with Gasteiger partial charge >= 0.3 is 6.03 Å². The molecule has 6 nitrogen and oxygen atoms in total. The van der Waals surface area contributed by atoms with Crippen molar-refractivity contribution in [2.45, 2.75) is 77.5 Å². The molecule has 2 amide bonds. The van der Waals surface area contributed by atoms with Gasteiger partial charge in [-0.25, -0.2) is 4.79 Å². The quantitative estimate of drug-likeness (QED) is 0.775. The van der Waals surface area contributed by atoms with Crippen LogP contribution in [0.1, 0.15) is 61.6 Å². The van der Waals surface area contributed by atoms with E-state index in [-0.39, 0.29) is 30.3 Å². The number of rotatable bonds is 5. The number of benzene rings is 1. The zero-order valence-electron chi connectivity index (χ0n) is 18.1. The van der Waals surface area contributed by atoms with Gasteiger partial charge in [0, 0.05) is 35.7 Å². The molecule has 1 aromatic heterocycles. The molecule has 0 spiro atoms. The fourth-order valence-electron chi connectivity index (χ4n) is 4.81. The number of amides is 2. The maximum absolute atomic E-state index is 13.1. The minimum absolute atomic E-state index is 0.0472. The highest BCUT2D eigenvalue weighted by Crippen LogP contribution is 2.21. The summed E-state index contributed by atoms with van der Waals surface area (Å²) in [7, 11) is 0. The van der Waals surface area contributed by atoms with Crippen LogP contribution in [-0.2, 0) is 11.3 Å². The van der Waals surface area contributed by atoms with E-state index in [4.69, 9.17) is 4.74 Å². The van der Waals surface area contributed by atoms with Gasteiger partial charge in [0.2, 0.25) is 0 Å². The summed E-state index contributed by atoms with van der Waals surface area (Å²) in [6.45, 7) is 5.63. The average Bonchev–Trinajstić information content (AvgIpc) is 3.22. The van der Waals surface area contributed by atoms with Gasteiger partial charge in [-0.15, -0.1) is 0 Å². The molecule has 1 aliphatic carbocycles. The fourth-order valence-corrected chi connectivity index (χ4v) is 4.81. The molecular formula is C24H33N3O3. The van der Waals surface area contributed by atoms with Gasteiger partial charge in [-0.05, 0) is 62.8 Å². The van der Waals surface area contributed by atoms with Gasteiger partial charge < -0.3 is 19.9 Å². The predicted molar refractivity (Wildman–Crippen MR) is 119 cm³/mol. The van der Waals surface area contributed by atoms with Crippen molar-refractivity contribution < 1.29 is 9.53 Å². The Morgan fingerprint density at radius 3 is 2.67 bits per heavy atom. The topological polar surface area (TPSA) is 74.4 Å². The summed E-state index contributed by atoms with van der Waals surface area (Å²) in [6, 6.07) is 6.20. The van der Waals surface area contributed by atoms with Crippen molar-refractivity contribution >= 4 is 16.9 Å². The molecule has 1 saturated heterocycles. The van der Waals surface area contributed by atoms with Crippen molar-refractivity contribution in [2.24, 2.45) is 0 Å². The first-order valence-electron chi connectivity index (χ1n) is 11.3. The van der Waals surface area contributed by atoms with Crippen LogP contribution in [-0.4, -0.2) is 41.2 Å². The third kappa shape index (κ3) is 4.86. The number of carbonyl (C=O) groups excluding carboxylic acids is 1. The maximum atomic E-state index is 13.1. The molecule has 2 aliphatic rings. The number of nitrogens with zero attached hydrogens (tertiary/aromatic N) is 1. The van der Waals surface area contributed by atoms with E-state index in [1.54, 1.807) is 4.90 Å². The first kappa shape index (κ1) is 20.9. The minimum atomic E-state index is -0.129. The molecule has 2 N–H and O–H groups in total. The molecule has 1 unspecified atom stereocenters. The lowest BCUT2D eigenvalue weighted by atomic mass is 9.96. The Bertz CT molecular complexity index is 956. The zero-order chi connectivity index (χ0) is 21.1. The number of pyridine rings is 1. The lowest BCUT2D eigenvalue weighted by molar-refractivity contribution is 0.0784. The third-order valence-corrected chi connectivity index (χ3v) is 6.42. The highest BCUT2D eigenvalue weighted by atomic mass is 16.5. The summed E-state index contributed by atoms with van der Waals surface area (Å²) >= 11 is 0. The normalized spacial score (nSPS) is 19.9. The number of H-pyrrole nitrogens is 1. The second-order valence-electron chi connectivity index (χ2n) is 8.97. The van der Waals surface area contributed by atoms with Crippen LogP contribution in [0.3, 0.4) is 0 Å². The molecule has 4 rings (SSSR count). The monoisotopic (exact) mass is 411 g/mol. The summed E-state index contributed by atoms with van der Waals surface area (Å²) in [4.78, 5) is 30.7. The third-order valence-electron chi connectivity index (χ3n) is 6.42. The van der Waals surface area contributed by atoms with Gasteiger partial charge in [-0.1, -0.05) is 25.3 Å². The number of nitrogens with one attached hydrogen (secondary N) is 2. The molecular weight excluding hydrogens is 378 g/mol. The average molecular weight is 412 g/mol. The van der Waals surface area contributed by atoms with Crippen LogP contribution in [0.5, 0.6) is 0 Å². The number of urea groups is 1. The summed E-state index contributed by atoms with van der Waals surface area (Å²) in [6.07, 6.45) is 7.68. The van der Waals surface area contributed by atoms with Crippen molar-refractivity contribution in [3.8, 4) is 0 Å². The van der Waals surface area contributed by atoms with Crippen LogP contribution in [0.2, 0.25) is 0 Å². The summed E-state index contributed by atoms with van der Waals surface area (Å²) in [5.41, 5.74) is 3.58. The van der Waals surface area contributed by atoms with E-state index in [1.165, 1.54) is 19.3 Å². The number of hydrogen-bond acceptors (Lipinski definition) is 3. The van der Waals surface area contributed by atoms with Crippen LogP contribution >= 0.6 is 0 Å². The number of hydrogen-bond donors (Lipinski definition) is 2. The standard InChI is InChI=1S/C24H33N3O3/c1-16-11-17(2)21-13-18(23(28)26-22(21)12-16)14-27(15-20-9-6-10-30-20)24(29)25-19-7-4-3-5-8-19/h11-13,19-20H,3-10,14-15H2,1-2H3,(H,25,29)(H,26,28). The SMILES string of the molecule is Cc1cc(C)c2cc(CN(CC3CCCO3)C(=O)NC3CCCCC3)c(=O)[nH]c2c1. The molecule has 0 radical (unpaired) electrons. The number of aryl methyl sites for hydroxylation is 2.